The van der Waals surface area contributed by atoms with Crippen LogP contribution in [0.1, 0.15) is 29.2 Å². The molecular formula is C22H23NO4. The Morgan fingerprint density at radius 3 is 2.56 bits per heavy atom. The molecule has 0 radical (unpaired) electrons. The number of aryl methyl sites for hydroxylation is 2. The van der Waals surface area contributed by atoms with E-state index in [0.717, 1.165) is 33.2 Å². The largest absolute Gasteiger partial charge is 0.464 e. The molecule has 3 aromatic rings. The first kappa shape index (κ1) is 18.7. The van der Waals surface area contributed by atoms with Crippen molar-refractivity contribution in [3.63, 3.8) is 0 Å². The molecule has 0 unspecified atom stereocenters. The van der Waals surface area contributed by atoms with E-state index in [-0.39, 0.29) is 12.3 Å². The summed E-state index contributed by atoms with van der Waals surface area (Å²) in [6.45, 7) is 6.00. The fourth-order valence-corrected chi connectivity index (χ4v) is 2.85. The molecule has 5 nitrogen and oxygen atoms in total. The molecule has 1 amide bonds. The van der Waals surface area contributed by atoms with Gasteiger partial charge in [-0.15, -0.1) is 0 Å². The summed E-state index contributed by atoms with van der Waals surface area (Å²) < 4.78 is 10.8. The van der Waals surface area contributed by atoms with Crippen LogP contribution in [-0.4, -0.2) is 18.0 Å². The molecule has 0 saturated heterocycles. The molecule has 27 heavy (non-hydrogen) atoms. The first-order valence-corrected chi connectivity index (χ1v) is 8.92. The van der Waals surface area contributed by atoms with E-state index >= 15 is 0 Å². The minimum atomic E-state index is -0.858. The number of rotatable bonds is 6. The summed E-state index contributed by atoms with van der Waals surface area (Å²) in [7, 11) is 0. The highest BCUT2D eigenvalue weighted by Crippen LogP contribution is 2.25. The third-order valence-corrected chi connectivity index (χ3v) is 4.59. The van der Waals surface area contributed by atoms with E-state index in [9.17, 15) is 9.59 Å². The number of esters is 1. The van der Waals surface area contributed by atoms with Crippen LogP contribution in [-0.2, 0) is 27.3 Å². The highest BCUT2D eigenvalue weighted by Gasteiger charge is 2.19. The maximum atomic E-state index is 12.3. The van der Waals surface area contributed by atoms with Gasteiger partial charge in [-0.2, -0.15) is 0 Å². The molecule has 2 aromatic carbocycles. The summed E-state index contributed by atoms with van der Waals surface area (Å²) in [5.74, 6) is -0.783. The fraction of sp³-hybridized carbons (Fsp3) is 0.273. The zero-order chi connectivity index (χ0) is 19.4. The Hall–Kier alpha value is -3.08. The Kier molecular flexibility index (Phi) is 5.60. The van der Waals surface area contributed by atoms with Gasteiger partial charge in [0.05, 0.1) is 12.7 Å². The van der Waals surface area contributed by atoms with E-state index in [1.54, 1.807) is 13.2 Å². The van der Waals surface area contributed by atoms with Crippen molar-refractivity contribution in [3.8, 4) is 0 Å². The van der Waals surface area contributed by atoms with Crippen molar-refractivity contribution >= 4 is 22.8 Å². The van der Waals surface area contributed by atoms with Crippen molar-refractivity contribution in [2.75, 3.05) is 0 Å². The lowest BCUT2D eigenvalue weighted by Crippen LogP contribution is -2.35. The zero-order valence-corrected chi connectivity index (χ0v) is 15.7. The summed E-state index contributed by atoms with van der Waals surface area (Å²) >= 11 is 0. The Bertz CT molecular complexity index is 959. The Morgan fingerprint density at radius 2 is 1.81 bits per heavy atom. The van der Waals surface area contributed by atoms with Crippen LogP contribution in [0, 0.1) is 13.8 Å². The normalized spacial score (nSPS) is 12.0. The Balaban J connectivity index is 1.57. The number of carbonyl (C=O) groups is 2. The average molecular weight is 365 g/mol. The fourth-order valence-electron chi connectivity index (χ4n) is 2.85. The smallest absolute Gasteiger partial charge is 0.311 e. The zero-order valence-electron chi connectivity index (χ0n) is 15.7. The Morgan fingerprint density at radius 1 is 1.11 bits per heavy atom. The molecule has 0 aliphatic carbocycles. The molecule has 0 fully saturated rings. The van der Waals surface area contributed by atoms with Crippen molar-refractivity contribution in [3.05, 3.63) is 71.0 Å². The quantitative estimate of drug-likeness (QED) is 0.674. The lowest BCUT2D eigenvalue weighted by Gasteiger charge is -2.13. The summed E-state index contributed by atoms with van der Waals surface area (Å²) in [5, 5.41) is 3.67. The molecule has 3 rings (SSSR count). The predicted molar refractivity (Wildman–Crippen MR) is 103 cm³/mol. The minimum absolute atomic E-state index is 0.0613. The van der Waals surface area contributed by atoms with Crippen molar-refractivity contribution in [2.24, 2.45) is 0 Å². The van der Waals surface area contributed by atoms with Gasteiger partial charge >= 0.3 is 5.97 Å². The van der Waals surface area contributed by atoms with Gasteiger partial charge in [-0.3, -0.25) is 9.59 Å². The SMILES string of the molecule is Cc1cc2occ(CC(=O)O[C@H](C)C(=O)NCc3ccccc3)c2cc1C. The van der Waals surface area contributed by atoms with E-state index in [1.807, 2.05) is 56.3 Å². The minimum Gasteiger partial charge on any atom is -0.464 e. The van der Waals surface area contributed by atoms with Gasteiger partial charge in [0, 0.05) is 17.5 Å². The molecule has 0 spiro atoms. The van der Waals surface area contributed by atoms with Crippen LogP contribution in [0.4, 0.5) is 0 Å². The predicted octanol–water partition coefficient (Wildman–Crippen LogP) is 3.84. The molecule has 1 aromatic heterocycles. The standard InChI is InChI=1S/C22H23NO4/c1-14-9-19-18(13-26-20(19)10-15(14)2)11-21(24)27-16(3)22(25)23-12-17-7-5-4-6-8-17/h4-10,13,16H,11-12H2,1-3H3,(H,23,25)/t16-/m1/s1. The maximum absolute atomic E-state index is 12.3. The second-order valence-corrected chi connectivity index (χ2v) is 6.71. The van der Waals surface area contributed by atoms with E-state index in [4.69, 9.17) is 9.15 Å². The first-order chi connectivity index (χ1) is 12.9. The number of benzene rings is 2. The van der Waals surface area contributed by atoms with E-state index in [2.05, 4.69) is 5.32 Å². The summed E-state index contributed by atoms with van der Waals surface area (Å²) in [6, 6.07) is 13.5. The highest BCUT2D eigenvalue weighted by molar-refractivity contribution is 5.88. The van der Waals surface area contributed by atoms with Gasteiger partial charge in [0.2, 0.25) is 0 Å². The molecule has 1 atom stereocenters. The van der Waals surface area contributed by atoms with Crippen molar-refractivity contribution in [2.45, 2.75) is 39.8 Å². The molecule has 0 saturated carbocycles. The lowest BCUT2D eigenvalue weighted by atomic mass is 10.0. The number of ether oxygens (including phenoxy) is 1. The molecule has 0 aliphatic heterocycles. The lowest BCUT2D eigenvalue weighted by molar-refractivity contribution is -0.154. The second kappa shape index (κ2) is 8.08. The van der Waals surface area contributed by atoms with Crippen LogP contribution in [0.3, 0.4) is 0 Å². The number of amides is 1. The third kappa shape index (κ3) is 4.56. The van der Waals surface area contributed by atoms with E-state index in [0.29, 0.717) is 6.54 Å². The van der Waals surface area contributed by atoms with Crippen molar-refractivity contribution in [1.82, 2.24) is 5.32 Å². The number of furan rings is 1. The topological polar surface area (TPSA) is 68.5 Å². The van der Waals surface area contributed by atoms with Gasteiger partial charge in [-0.1, -0.05) is 30.3 Å². The van der Waals surface area contributed by atoms with Crippen LogP contribution >= 0.6 is 0 Å². The van der Waals surface area contributed by atoms with Crippen LogP contribution in [0.15, 0.2) is 53.1 Å². The molecule has 5 heteroatoms. The van der Waals surface area contributed by atoms with Gasteiger partial charge in [-0.05, 0) is 49.6 Å². The summed E-state index contributed by atoms with van der Waals surface area (Å²) in [4.78, 5) is 24.4. The molecule has 0 aliphatic rings. The van der Waals surface area contributed by atoms with E-state index in [1.165, 1.54) is 0 Å². The van der Waals surface area contributed by atoms with Crippen molar-refractivity contribution < 1.29 is 18.7 Å². The van der Waals surface area contributed by atoms with Crippen molar-refractivity contribution in [1.29, 1.82) is 0 Å². The Labute approximate surface area is 158 Å². The molecule has 140 valence electrons. The van der Waals surface area contributed by atoms with Crippen LogP contribution in [0.5, 0.6) is 0 Å². The maximum Gasteiger partial charge on any atom is 0.311 e. The molecule has 1 heterocycles. The molecule has 1 N–H and O–H groups in total. The molecular weight excluding hydrogens is 342 g/mol. The number of hydrogen-bond donors (Lipinski definition) is 1. The third-order valence-electron chi connectivity index (χ3n) is 4.59. The number of carbonyl (C=O) groups excluding carboxylic acids is 2. The van der Waals surface area contributed by atoms with Gasteiger partial charge in [0.15, 0.2) is 6.10 Å². The number of fused-ring (bicyclic) bond motifs is 1. The highest BCUT2D eigenvalue weighted by atomic mass is 16.5. The average Bonchev–Trinajstić information content (AvgIpc) is 3.02. The molecule has 0 bridgehead atoms. The number of nitrogens with one attached hydrogen (secondary N) is 1. The van der Waals surface area contributed by atoms with Crippen LogP contribution in [0.25, 0.3) is 11.0 Å². The number of hydrogen-bond acceptors (Lipinski definition) is 4. The van der Waals surface area contributed by atoms with E-state index < -0.39 is 12.1 Å². The van der Waals surface area contributed by atoms with Gasteiger partial charge in [-0.25, -0.2) is 0 Å². The van der Waals surface area contributed by atoms with Gasteiger partial charge < -0.3 is 14.5 Å². The first-order valence-electron chi connectivity index (χ1n) is 8.92. The van der Waals surface area contributed by atoms with Crippen LogP contribution in [0.2, 0.25) is 0 Å². The van der Waals surface area contributed by atoms with Crippen LogP contribution < -0.4 is 5.32 Å². The second-order valence-electron chi connectivity index (χ2n) is 6.71. The van der Waals surface area contributed by atoms with Gasteiger partial charge in [0.1, 0.15) is 5.58 Å². The summed E-state index contributed by atoms with van der Waals surface area (Å²) in [6.07, 6.45) is 0.778. The van der Waals surface area contributed by atoms with Gasteiger partial charge in [0.25, 0.3) is 5.91 Å². The summed E-state index contributed by atoms with van der Waals surface area (Å²) in [5.41, 5.74) is 4.76. The monoisotopic (exact) mass is 365 g/mol.